The molecule has 0 bridgehead atoms. The first-order valence-electron chi connectivity index (χ1n) is 8.13. The van der Waals surface area contributed by atoms with Gasteiger partial charge >= 0.3 is 0 Å². The van der Waals surface area contributed by atoms with Crippen molar-refractivity contribution in [2.24, 2.45) is 7.05 Å². The third-order valence-electron chi connectivity index (χ3n) is 3.96. The Labute approximate surface area is 155 Å². The number of aryl methyl sites for hydroxylation is 1. The van der Waals surface area contributed by atoms with E-state index in [1.807, 2.05) is 66.3 Å². The van der Waals surface area contributed by atoms with Crippen LogP contribution in [0.15, 0.2) is 73.1 Å². The molecule has 0 aliphatic rings. The smallest absolute Gasteiger partial charge is 0.257 e. The normalized spacial score (nSPS) is 10.7. The van der Waals surface area contributed by atoms with Gasteiger partial charge in [0.15, 0.2) is 11.0 Å². The van der Waals surface area contributed by atoms with E-state index in [4.69, 9.17) is 0 Å². The van der Waals surface area contributed by atoms with E-state index in [-0.39, 0.29) is 5.91 Å². The van der Waals surface area contributed by atoms with Crippen LogP contribution in [0.4, 0.5) is 5.13 Å². The molecule has 5 nitrogen and oxygen atoms in total. The molecule has 0 aliphatic heterocycles. The number of nitrogens with one attached hydrogen (secondary N) is 1. The first-order chi connectivity index (χ1) is 12.7. The van der Waals surface area contributed by atoms with Gasteiger partial charge in [0.25, 0.3) is 5.91 Å². The van der Waals surface area contributed by atoms with Crippen molar-refractivity contribution >= 4 is 22.4 Å². The van der Waals surface area contributed by atoms with Gasteiger partial charge in [-0.3, -0.25) is 10.1 Å². The molecule has 128 valence electrons. The summed E-state index contributed by atoms with van der Waals surface area (Å²) < 4.78 is 1.95. The van der Waals surface area contributed by atoms with E-state index in [2.05, 4.69) is 15.3 Å². The SMILES string of the molecule is Cn1ccnc1-c1sc(NC(=O)c2ccccc2)nc1-c1ccccc1. The molecular weight excluding hydrogens is 344 g/mol. The minimum Gasteiger partial charge on any atom is -0.333 e. The van der Waals surface area contributed by atoms with Crippen LogP contribution in [0.3, 0.4) is 0 Å². The van der Waals surface area contributed by atoms with Crippen LogP contribution >= 0.6 is 11.3 Å². The van der Waals surface area contributed by atoms with Crippen molar-refractivity contribution in [2.75, 3.05) is 5.32 Å². The van der Waals surface area contributed by atoms with Gasteiger partial charge in [0.2, 0.25) is 0 Å². The summed E-state index contributed by atoms with van der Waals surface area (Å²) in [5.41, 5.74) is 2.40. The number of thiazole rings is 1. The van der Waals surface area contributed by atoms with Crippen LogP contribution in [0.1, 0.15) is 10.4 Å². The molecule has 0 atom stereocenters. The topological polar surface area (TPSA) is 59.8 Å². The average molecular weight is 360 g/mol. The molecule has 0 unspecified atom stereocenters. The summed E-state index contributed by atoms with van der Waals surface area (Å²) in [4.78, 5) is 22.5. The summed E-state index contributed by atoms with van der Waals surface area (Å²) in [6.45, 7) is 0. The Kier molecular flexibility index (Phi) is 4.33. The second kappa shape index (κ2) is 6.93. The third kappa shape index (κ3) is 3.14. The maximum atomic E-state index is 12.5. The van der Waals surface area contributed by atoms with Crippen molar-refractivity contribution < 1.29 is 4.79 Å². The fourth-order valence-corrected chi connectivity index (χ4v) is 3.68. The highest BCUT2D eigenvalue weighted by molar-refractivity contribution is 7.19. The number of benzene rings is 2. The maximum absolute atomic E-state index is 12.5. The molecule has 0 saturated carbocycles. The van der Waals surface area contributed by atoms with Crippen LogP contribution in [0.25, 0.3) is 22.0 Å². The monoisotopic (exact) mass is 360 g/mol. The molecular formula is C20H16N4OS. The molecule has 1 N–H and O–H groups in total. The summed E-state index contributed by atoms with van der Waals surface area (Å²) >= 11 is 1.42. The minimum absolute atomic E-state index is 0.176. The van der Waals surface area contributed by atoms with E-state index in [0.717, 1.165) is 22.0 Å². The van der Waals surface area contributed by atoms with E-state index < -0.39 is 0 Å². The number of hydrogen-bond acceptors (Lipinski definition) is 4. The number of imidazole rings is 1. The van der Waals surface area contributed by atoms with Crippen molar-refractivity contribution in [2.45, 2.75) is 0 Å². The summed E-state index contributed by atoms with van der Waals surface area (Å²) in [7, 11) is 1.94. The molecule has 0 fully saturated rings. The second-order valence-electron chi connectivity index (χ2n) is 5.74. The Morgan fingerprint density at radius 2 is 1.73 bits per heavy atom. The van der Waals surface area contributed by atoms with E-state index in [1.54, 1.807) is 18.3 Å². The highest BCUT2D eigenvalue weighted by atomic mass is 32.1. The first-order valence-corrected chi connectivity index (χ1v) is 8.94. The Morgan fingerprint density at radius 1 is 1.04 bits per heavy atom. The average Bonchev–Trinajstić information content (AvgIpc) is 3.29. The van der Waals surface area contributed by atoms with E-state index in [1.165, 1.54) is 11.3 Å². The fraction of sp³-hybridized carbons (Fsp3) is 0.0500. The summed E-state index contributed by atoms with van der Waals surface area (Å²) in [5, 5.41) is 3.45. The lowest BCUT2D eigenvalue weighted by molar-refractivity contribution is 0.102. The van der Waals surface area contributed by atoms with Crippen LogP contribution in [0.5, 0.6) is 0 Å². The number of carbonyl (C=O) groups excluding carboxylic acids is 1. The van der Waals surface area contributed by atoms with Crippen molar-refractivity contribution in [3.63, 3.8) is 0 Å². The molecule has 0 radical (unpaired) electrons. The van der Waals surface area contributed by atoms with E-state index >= 15 is 0 Å². The Bertz CT molecular complexity index is 1040. The van der Waals surface area contributed by atoms with Gasteiger partial charge in [-0.2, -0.15) is 0 Å². The van der Waals surface area contributed by atoms with Gasteiger partial charge in [-0.05, 0) is 12.1 Å². The number of amides is 1. The van der Waals surface area contributed by atoms with Gasteiger partial charge in [-0.25, -0.2) is 9.97 Å². The zero-order valence-electron chi connectivity index (χ0n) is 14.1. The predicted molar refractivity (Wildman–Crippen MR) is 104 cm³/mol. The molecule has 0 spiro atoms. The van der Waals surface area contributed by atoms with Gasteiger partial charge < -0.3 is 4.57 Å². The minimum atomic E-state index is -0.176. The zero-order chi connectivity index (χ0) is 17.9. The quantitative estimate of drug-likeness (QED) is 0.584. The fourth-order valence-electron chi connectivity index (χ4n) is 2.66. The summed E-state index contributed by atoms with van der Waals surface area (Å²) in [6, 6.07) is 19.0. The predicted octanol–water partition coefficient (Wildman–Crippen LogP) is 4.46. The number of hydrogen-bond donors (Lipinski definition) is 1. The molecule has 4 rings (SSSR count). The van der Waals surface area contributed by atoms with E-state index in [9.17, 15) is 4.79 Å². The molecule has 26 heavy (non-hydrogen) atoms. The van der Waals surface area contributed by atoms with Crippen molar-refractivity contribution in [3.05, 3.63) is 78.6 Å². The lowest BCUT2D eigenvalue weighted by Gasteiger charge is -2.02. The molecule has 6 heteroatoms. The van der Waals surface area contributed by atoms with Gasteiger partial charge in [0.1, 0.15) is 0 Å². The van der Waals surface area contributed by atoms with Crippen LogP contribution in [0.2, 0.25) is 0 Å². The highest BCUT2D eigenvalue weighted by Gasteiger charge is 2.19. The number of anilines is 1. The largest absolute Gasteiger partial charge is 0.333 e. The van der Waals surface area contributed by atoms with Gasteiger partial charge in [0, 0.05) is 30.6 Å². The molecule has 0 aliphatic carbocycles. The maximum Gasteiger partial charge on any atom is 0.257 e. The van der Waals surface area contributed by atoms with Gasteiger partial charge in [-0.15, -0.1) is 0 Å². The Hall–Kier alpha value is -3.25. The molecule has 2 aromatic heterocycles. The number of nitrogens with zero attached hydrogens (tertiary/aromatic N) is 3. The Morgan fingerprint density at radius 3 is 2.38 bits per heavy atom. The summed E-state index contributed by atoms with van der Waals surface area (Å²) in [6.07, 6.45) is 3.65. The number of aromatic nitrogens is 3. The van der Waals surface area contributed by atoms with Crippen LogP contribution in [0, 0.1) is 0 Å². The summed E-state index contributed by atoms with van der Waals surface area (Å²) in [5.74, 6) is 0.645. The molecule has 1 amide bonds. The van der Waals surface area contributed by atoms with Crippen molar-refractivity contribution in [1.82, 2.24) is 14.5 Å². The van der Waals surface area contributed by atoms with Crippen LogP contribution < -0.4 is 5.32 Å². The van der Waals surface area contributed by atoms with Crippen molar-refractivity contribution in [3.8, 4) is 22.0 Å². The first kappa shape index (κ1) is 16.2. The number of carbonyl (C=O) groups is 1. The van der Waals surface area contributed by atoms with Crippen molar-refractivity contribution in [1.29, 1.82) is 0 Å². The second-order valence-corrected chi connectivity index (χ2v) is 6.74. The lowest BCUT2D eigenvalue weighted by Crippen LogP contribution is -2.11. The Balaban J connectivity index is 1.74. The van der Waals surface area contributed by atoms with Crippen LogP contribution in [-0.4, -0.2) is 20.4 Å². The number of rotatable bonds is 4. The molecule has 4 aromatic rings. The highest BCUT2D eigenvalue weighted by Crippen LogP contribution is 2.38. The zero-order valence-corrected chi connectivity index (χ0v) is 14.9. The molecule has 2 aromatic carbocycles. The van der Waals surface area contributed by atoms with Gasteiger partial charge in [0.05, 0.1) is 10.6 Å². The lowest BCUT2D eigenvalue weighted by atomic mass is 10.1. The third-order valence-corrected chi connectivity index (χ3v) is 4.92. The van der Waals surface area contributed by atoms with Crippen LogP contribution in [-0.2, 0) is 7.05 Å². The standard InChI is InChI=1S/C20H16N4OS/c1-24-13-12-21-18(24)17-16(14-8-4-2-5-9-14)22-20(26-17)23-19(25)15-10-6-3-7-11-15/h2-13H,1H3,(H,22,23,25). The van der Waals surface area contributed by atoms with E-state index in [0.29, 0.717) is 10.7 Å². The molecule has 0 saturated heterocycles. The molecule has 2 heterocycles. The van der Waals surface area contributed by atoms with Gasteiger partial charge in [-0.1, -0.05) is 59.9 Å².